The van der Waals surface area contributed by atoms with Crippen molar-refractivity contribution in [3.8, 4) is 0 Å². The summed E-state index contributed by atoms with van der Waals surface area (Å²) in [6.45, 7) is 5.59. The molecule has 1 N–H and O–H groups in total. The number of hydrogen-bond donors (Lipinski definition) is 1. The SMILES string of the molecule is CCS(=O)(=O)N1CC(CNc2nc3ccccc3nc2N2CCCC2)C1. The van der Waals surface area contributed by atoms with E-state index < -0.39 is 10.0 Å². The van der Waals surface area contributed by atoms with Gasteiger partial charge in [-0.15, -0.1) is 0 Å². The fourth-order valence-corrected chi connectivity index (χ4v) is 4.80. The van der Waals surface area contributed by atoms with Crippen LogP contribution in [0.2, 0.25) is 0 Å². The van der Waals surface area contributed by atoms with Crippen LogP contribution in [-0.4, -0.2) is 61.2 Å². The van der Waals surface area contributed by atoms with Crippen LogP contribution >= 0.6 is 0 Å². The molecule has 8 heteroatoms. The van der Waals surface area contributed by atoms with Crippen LogP contribution in [0.15, 0.2) is 24.3 Å². The molecule has 26 heavy (non-hydrogen) atoms. The number of para-hydroxylation sites is 2. The van der Waals surface area contributed by atoms with Crippen LogP contribution in [-0.2, 0) is 10.0 Å². The van der Waals surface area contributed by atoms with Crippen molar-refractivity contribution >= 4 is 32.7 Å². The second kappa shape index (κ2) is 7.00. The second-order valence-electron chi connectivity index (χ2n) is 7.04. The van der Waals surface area contributed by atoms with Gasteiger partial charge in [-0.25, -0.2) is 22.7 Å². The van der Waals surface area contributed by atoms with Gasteiger partial charge in [0.2, 0.25) is 10.0 Å². The van der Waals surface area contributed by atoms with Gasteiger partial charge in [0.15, 0.2) is 11.6 Å². The third kappa shape index (κ3) is 3.35. The minimum atomic E-state index is -3.06. The molecule has 0 atom stereocenters. The summed E-state index contributed by atoms with van der Waals surface area (Å²) in [5.41, 5.74) is 1.78. The van der Waals surface area contributed by atoms with Crippen LogP contribution in [0.3, 0.4) is 0 Å². The van der Waals surface area contributed by atoms with Gasteiger partial charge in [0, 0.05) is 38.6 Å². The molecule has 2 fully saturated rings. The van der Waals surface area contributed by atoms with Crippen molar-refractivity contribution in [3.05, 3.63) is 24.3 Å². The fraction of sp³-hybridized carbons (Fsp3) is 0.556. The Hall–Kier alpha value is -1.93. The fourth-order valence-electron chi connectivity index (χ4n) is 3.56. The van der Waals surface area contributed by atoms with Gasteiger partial charge < -0.3 is 10.2 Å². The summed E-state index contributed by atoms with van der Waals surface area (Å²) in [6, 6.07) is 7.91. The van der Waals surface area contributed by atoms with Crippen molar-refractivity contribution in [2.75, 3.05) is 48.7 Å². The van der Waals surface area contributed by atoms with Gasteiger partial charge in [0.05, 0.1) is 16.8 Å². The summed E-state index contributed by atoms with van der Waals surface area (Å²) in [7, 11) is -3.06. The van der Waals surface area contributed by atoms with E-state index in [0.717, 1.165) is 35.8 Å². The first-order valence-electron chi connectivity index (χ1n) is 9.30. The summed E-state index contributed by atoms with van der Waals surface area (Å²) in [5, 5.41) is 3.44. The smallest absolute Gasteiger partial charge is 0.213 e. The Balaban J connectivity index is 1.49. The molecule has 0 saturated carbocycles. The highest BCUT2D eigenvalue weighted by Gasteiger charge is 2.34. The van der Waals surface area contributed by atoms with Gasteiger partial charge in [0.25, 0.3) is 0 Å². The van der Waals surface area contributed by atoms with E-state index in [1.807, 2.05) is 24.3 Å². The van der Waals surface area contributed by atoms with E-state index in [4.69, 9.17) is 9.97 Å². The first-order valence-corrected chi connectivity index (χ1v) is 10.9. The highest BCUT2D eigenvalue weighted by Crippen LogP contribution is 2.29. The molecule has 0 aliphatic carbocycles. The molecule has 140 valence electrons. The van der Waals surface area contributed by atoms with Crippen LogP contribution in [0.25, 0.3) is 11.0 Å². The zero-order valence-corrected chi connectivity index (χ0v) is 15.9. The summed E-state index contributed by atoms with van der Waals surface area (Å²) in [5.74, 6) is 2.21. The van der Waals surface area contributed by atoms with Crippen molar-refractivity contribution in [1.29, 1.82) is 0 Å². The Labute approximate surface area is 154 Å². The topological polar surface area (TPSA) is 78.4 Å². The van der Waals surface area contributed by atoms with Crippen molar-refractivity contribution in [2.24, 2.45) is 5.92 Å². The van der Waals surface area contributed by atoms with Crippen LogP contribution in [0, 0.1) is 5.92 Å². The van der Waals surface area contributed by atoms with Crippen molar-refractivity contribution in [2.45, 2.75) is 19.8 Å². The van der Waals surface area contributed by atoms with Crippen molar-refractivity contribution in [3.63, 3.8) is 0 Å². The lowest BCUT2D eigenvalue weighted by atomic mass is 10.0. The van der Waals surface area contributed by atoms with E-state index in [0.29, 0.717) is 25.6 Å². The predicted molar refractivity (Wildman–Crippen MR) is 104 cm³/mol. The number of nitrogens with zero attached hydrogens (tertiary/aromatic N) is 4. The molecule has 1 aromatic carbocycles. The maximum absolute atomic E-state index is 11.9. The lowest BCUT2D eigenvalue weighted by molar-refractivity contribution is 0.212. The molecule has 0 spiro atoms. The monoisotopic (exact) mass is 375 g/mol. The third-order valence-corrected chi connectivity index (χ3v) is 7.01. The lowest BCUT2D eigenvalue weighted by Gasteiger charge is -2.38. The van der Waals surface area contributed by atoms with E-state index in [1.165, 1.54) is 12.8 Å². The molecule has 0 bridgehead atoms. The van der Waals surface area contributed by atoms with Crippen molar-refractivity contribution < 1.29 is 8.42 Å². The first-order chi connectivity index (χ1) is 12.6. The Morgan fingerprint density at radius 2 is 1.77 bits per heavy atom. The molecule has 4 rings (SSSR count). The number of anilines is 2. The zero-order chi connectivity index (χ0) is 18.1. The van der Waals surface area contributed by atoms with Gasteiger partial charge in [-0.2, -0.15) is 0 Å². The number of benzene rings is 1. The second-order valence-corrected chi connectivity index (χ2v) is 9.30. The number of rotatable bonds is 6. The molecule has 0 radical (unpaired) electrons. The van der Waals surface area contributed by atoms with E-state index in [-0.39, 0.29) is 5.75 Å². The lowest BCUT2D eigenvalue weighted by Crippen LogP contribution is -2.52. The molecule has 2 aliphatic heterocycles. The average Bonchev–Trinajstić information content (AvgIpc) is 3.14. The van der Waals surface area contributed by atoms with E-state index >= 15 is 0 Å². The Morgan fingerprint density at radius 3 is 2.42 bits per heavy atom. The number of nitrogens with one attached hydrogen (secondary N) is 1. The maximum Gasteiger partial charge on any atom is 0.213 e. The molecule has 2 aromatic rings. The zero-order valence-electron chi connectivity index (χ0n) is 15.1. The summed E-state index contributed by atoms with van der Waals surface area (Å²) in [6.07, 6.45) is 2.36. The number of hydrogen-bond acceptors (Lipinski definition) is 6. The Bertz CT molecular complexity index is 890. The van der Waals surface area contributed by atoms with Gasteiger partial charge in [-0.1, -0.05) is 12.1 Å². The molecule has 0 unspecified atom stereocenters. The summed E-state index contributed by atoms with van der Waals surface area (Å²) >= 11 is 0. The molecular formula is C18H25N5O2S. The molecule has 2 saturated heterocycles. The van der Waals surface area contributed by atoms with Crippen LogP contribution < -0.4 is 10.2 Å². The Kier molecular flexibility index (Phi) is 4.71. The average molecular weight is 375 g/mol. The minimum absolute atomic E-state index is 0.169. The van der Waals surface area contributed by atoms with Gasteiger partial charge in [0.1, 0.15) is 0 Å². The molecule has 2 aliphatic rings. The molecule has 3 heterocycles. The quantitative estimate of drug-likeness (QED) is 0.831. The predicted octanol–water partition coefficient (Wildman–Crippen LogP) is 1.92. The van der Waals surface area contributed by atoms with Crippen LogP contribution in [0.5, 0.6) is 0 Å². The van der Waals surface area contributed by atoms with Gasteiger partial charge >= 0.3 is 0 Å². The molecule has 7 nitrogen and oxygen atoms in total. The van der Waals surface area contributed by atoms with E-state index in [2.05, 4.69) is 10.2 Å². The van der Waals surface area contributed by atoms with Crippen molar-refractivity contribution in [1.82, 2.24) is 14.3 Å². The van der Waals surface area contributed by atoms with Gasteiger partial charge in [-0.05, 0) is 31.9 Å². The summed E-state index contributed by atoms with van der Waals surface area (Å²) < 4.78 is 25.3. The summed E-state index contributed by atoms with van der Waals surface area (Å²) in [4.78, 5) is 11.9. The maximum atomic E-state index is 11.9. The standard InChI is InChI=1S/C18H25N5O2S/c1-2-26(24,25)23-12-14(13-23)11-19-17-18(22-9-5-6-10-22)21-16-8-4-3-7-15(16)20-17/h3-4,7-8,14H,2,5-6,9-13H2,1H3,(H,19,20). The highest BCUT2D eigenvalue weighted by atomic mass is 32.2. The normalized spacial score (nSPS) is 19.0. The third-order valence-electron chi connectivity index (χ3n) is 5.20. The molecular weight excluding hydrogens is 350 g/mol. The largest absolute Gasteiger partial charge is 0.367 e. The minimum Gasteiger partial charge on any atom is -0.367 e. The van der Waals surface area contributed by atoms with Crippen LogP contribution in [0.1, 0.15) is 19.8 Å². The first kappa shape index (κ1) is 17.5. The Morgan fingerprint density at radius 1 is 1.12 bits per heavy atom. The van der Waals surface area contributed by atoms with E-state index in [9.17, 15) is 8.42 Å². The number of sulfonamides is 1. The molecule has 1 aromatic heterocycles. The van der Waals surface area contributed by atoms with Gasteiger partial charge in [-0.3, -0.25) is 0 Å². The molecule has 0 amide bonds. The number of aromatic nitrogens is 2. The van der Waals surface area contributed by atoms with E-state index in [1.54, 1.807) is 11.2 Å². The van der Waals surface area contributed by atoms with Crippen LogP contribution in [0.4, 0.5) is 11.6 Å². The highest BCUT2D eigenvalue weighted by molar-refractivity contribution is 7.89. The number of fused-ring (bicyclic) bond motifs is 1.